The predicted octanol–water partition coefficient (Wildman–Crippen LogP) is 3.96. The van der Waals surface area contributed by atoms with Crippen LogP contribution in [0.1, 0.15) is 42.4 Å². The van der Waals surface area contributed by atoms with Crippen LogP contribution in [-0.4, -0.2) is 16.0 Å². The Hall–Kier alpha value is -2.95. The van der Waals surface area contributed by atoms with Crippen LogP contribution in [0.5, 0.6) is 0 Å². The summed E-state index contributed by atoms with van der Waals surface area (Å²) in [6.45, 7) is 6.93. The molecule has 3 aromatic rings. The third-order valence-electron chi connectivity index (χ3n) is 3.98. The lowest BCUT2D eigenvalue weighted by Crippen LogP contribution is -2.22. The summed E-state index contributed by atoms with van der Waals surface area (Å²) >= 11 is 0. The molecule has 5 heteroatoms. The Labute approximate surface area is 147 Å². The predicted molar refractivity (Wildman–Crippen MR) is 96.0 cm³/mol. The summed E-state index contributed by atoms with van der Waals surface area (Å²) in [6, 6.07) is 13.5. The van der Waals surface area contributed by atoms with E-state index < -0.39 is 0 Å². The summed E-state index contributed by atoms with van der Waals surface area (Å²) in [4.78, 5) is 16.1. The molecule has 25 heavy (non-hydrogen) atoms. The van der Waals surface area contributed by atoms with E-state index in [0.29, 0.717) is 12.3 Å². The Morgan fingerprint density at radius 2 is 1.76 bits per heavy atom. The molecule has 0 bridgehead atoms. The Morgan fingerprint density at radius 3 is 2.40 bits per heavy atom. The van der Waals surface area contributed by atoms with Gasteiger partial charge in [0.25, 0.3) is 5.91 Å². The largest absolute Gasteiger partial charge is 0.355 e. The third kappa shape index (κ3) is 4.12. The lowest BCUT2D eigenvalue weighted by Gasteiger charge is -2.18. The summed E-state index contributed by atoms with van der Waals surface area (Å²) in [7, 11) is 0. The van der Waals surface area contributed by atoms with Crippen molar-refractivity contribution < 1.29 is 9.32 Å². The van der Waals surface area contributed by atoms with Crippen LogP contribution in [0.2, 0.25) is 0 Å². The zero-order chi connectivity index (χ0) is 17.9. The molecule has 1 amide bonds. The molecule has 0 radical (unpaired) electrons. The molecule has 1 N–H and O–H groups in total. The van der Waals surface area contributed by atoms with E-state index in [4.69, 9.17) is 4.52 Å². The Kier molecular flexibility index (Phi) is 4.65. The molecule has 0 aliphatic rings. The lowest BCUT2D eigenvalue weighted by molar-refractivity contribution is 0.0942. The zero-order valence-corrected chi connectivity index (χ0v) is 14.6. The maximum atomic E-state index is 12.2. The number of nitrogens with one attached hydrogen (secondary N) is 1. The quantitative estimate of drug-likeness (QED) is 0.783. The van der Waals surface area contributed by atoms with Gasteiger partial charge in [0.1, 0.15) is 0 Å². The second kappa shape index (κ2) is 6.89. The minimum Gasteiger partial charge on any atom is -0.355 e. The van der Waals surface area contributed by atoms with Crippen molar-refractivity contribution in [2.45, 2.75) is 32.7 Å². The van der Waals surface area contributed by atoms with Crippen LogP contribution in [0.3, 0.4) is 0 Å². The van der Waals surface area contributed by atoms with Gasteiger partial charge in [0.15, 0.2) is 11.5 Å². The van der Waals surface area contributed by atoms with E-state index in [2.05, 4.69) is 48.4 Å². The van der Waals surface area contributed by atoms with E-state index in [1.165, 1.54) is 5.56 Å². The van der Waals surface area contributed by atoms with Gasteiger partial charge in [-0.1, -0.05) is 50.2 Å². The van der Waals surface area contributed by atoms with E-state index in [-0.39, 0.29) is 17.0 Å². The standard InChI is InChI=1S/C20H21N3O2/c1-20(2,3)16-6-4-15(5-7-16)18-12-17(23-25-18)19(24)22-13-14-8-10-21-11-9-14/h4-12H,13H2,1-3H3,(H,22,24). The molecule has 0 aliphatic carbocycles. The minimum absolute atomic E-state index is 0.0952. The molecular weight excluding hydrogens is 314 g/mol. The van der Waals surface area contributed by atoms with Crippen LogP contribution in [0.15, 0.2) is 59.4 Å². The fourth-order valence-electron chi connectivity index (χ4n) is 2.43. The normalized spacial score (nSPS) is 11.3. The van der Waals surface area contributed by atoms with Gasteiger partial charge in [0, 0.05) is 30.6 Å². The van der Waals surface area contributed by atoms with E-state index in [0.717, 1.165) is 11.1 Å². The van der Waals surface area contributed by atoms with Crippen molar-refractivity contribution in [2.24, 2.45) is 0 Å². The number of rotatable bonds is 4. The summed E-state index contributed by atoms with van der Waals surface area (Å²) in [6.07, 6.45) is 3.38. The molecule has 3 rings (SSSR count). The van der Waals surface area contributed by atoms with E-state index in [1.54, 1.807) is 18.5 Å². The molecule has 0 atom stereocenters. The molecule has 128 valence electrons. The van der Waals surface area contributed by atoms with Crippen LogP contribution in [0.4, 0.5) is 0 Å². The van der Waals surface area contributed by atoms with Crippen LogP contribution in [0, 0.1) is 0 Å². The van der Waals surface area contributed by atoms with Crippen molar-refractivity contribution in [1.29, 1.82) is 0 Å². The van der Waals surface area contributed by atoms with Gasteiger partial charge in [0.05, 0.1) is 0 Å². The van der Waals surface area contributed by atoms with Gasteiger partial charge in [-0.2, -0.15) is 0 Å². The number of carbonyl (C=O) groups excluding carboxylic acids is 1. The molecular formula is C20H21N3O2. The highest BCUT2D eigenvalue weighted by atomic mass is 16.5. The Morgan fingerprint density at radius 1 is 1.08 bits per heavy atom. The second-order valence-corrected chi connectivity index (χ2v) is 6.94. The molecule has 0 saturated carbocycles. The van der Waals surface area contributed by atoms with Gasteiger partial charge in [-0.05, 0) is 28.7 Å². The molecule has 5 nitrogen and oxygen atoms in total. The van der Waals surface area contributed by atoms with E-state index in [1.807, 2.05) is 24.3 Å². The minimum atomic E-state index is -0.266. The summed E-state index contributed by atoms with van der Waals surface area (Å²) in [5.74, 6) is 0.313. The Balaban J connectivity index is 1.68. The number of hydrogen-bond donors (Lipinski definition) is 1. The number of carbonyl (C=O) groups is 1. The van der Waals surface area contributed by atoms with Gasteiger partial charge < -0.3 is 9.84 Å². The highest BCUT2D eigenvalue weighted by Gasteiger charge is 2.16. The molecule has 0 spiro atoms. The Bertz CT molecular complexity index is 847. The van der Waals surface area contributed by atoms with Crippen LogP contribution < -0.4 is 5.32 Å². The SMILES string of the molecule is CC(C)(C)c1ccc(-c2cc(C(=O)NCc3ccncc3)no2)cc1. The van der Waals surface area contributed by atoms with Crippen molar-refractivity contribution in [3.63, 3.8) is 0 Å². The number of pyridine rings is 1. The van der Waals surface area contributed by atoms with Crippen molar-refractivity contribution in [3.05, 3.63) is 71.7 Å². The average Bonchev–Trinajstić information content (AvgIpc) is 3.10. The molecule has 0 unspecified atom stereocenters. The second-order valence-electron chi connectivity index (χ2n) is 6.94. The molecule has 2 heterocycles. The molecule has 0 saturated heterocycles. The van der Waals surface area contributed by atoms with Gasteiger partial charge in [0.2, 0.25) is 0 Å². The first-order valence-electron chi connectivity index (χ1n) is 8.18. The van der Waals surface area contributed by atoms with Gasteiger partial charge in [-0.3, -0.25) is 9.78 Å². The number of amides is 1. The molecule has 1 aromatic carbocycles. The van der Waals surface area contributed by atoms with Crippen molar-refractivity contribution in [1.82, 2.24) is 15.5 Å². The fraction of sp³-hybridized carbons (Fsp3) is 0.250. The maximum absolute atomic E-state index is 12.2. The van der Waals surface area contributed by atoms with Gasteiger partial charge in [-0.15, -0.1) is 0 Å². The first-order valence-corrected chi connectivity index (χ1v) is 8.18. The van der Waals surface area contributed by atoms with Crippen LogP contribution >= 0.6 is 0 Å². The van der Waals surface area contributed by atoms with Crippen LogP contribution in [-0.2, 0) is 12.0 Å². The number of nitrogens with zero attached hydrogens (tertiary/aromatic N) is 2. The molecule has 2 aromatic heterocycles. The fourth-order valence-corrected chi connectivity index (χ4v) is 2.43. The van der Waals surface area contributed by atoms with Gasteiger partial charge in [-0.25, -0.2) is 0 Å². The highest BCUT2D eigenvalue weighted by Crippen LogP contribution is 2.26. The first-order chi connectivity index (χ1) is 11.9. The van der Waals surface area contributed by atoms with Crippen molar-refractivity contribution in [2.75, 3.05) is 0 Å². The molecule has 0 fully saturated rings. The number of benzene rings is 1. The average molecular weight is 335 g/mol. The topological polar surface area (TPSA) is 68.0 Å². The third-order valence-corrected chi connectivity index (χ3v) is 3.98. The lowest BCUT2D eigenvalue weighted by atomic mass is 9.86. The summed E-state index contributed by atoms with van der Waals surface area (Å²) < 4.78 is 5.33. The van der Waals surface area contributed by atoms with Crippen LogP contribution in [0.25, 0.3) is 11.3 Å². The number of aromatic nitrogens is 2. The van der Waals surface area contributed by atoms with E-state index >= 15 is 0 Å². The summed E-state index contributed by atoms with van der Waals surface area (Å²) in [5, 5.41) is 6.70. The monoisotopic (exact) mass is 335 g/mol. The van der Waals surface area contributed by atoms with E-state index in [9.17, 15) is 4.79 Å². The summed E-state index contributed by atoms with van der Waals surface area (Å²) in [5.41, 5.74) is 3.48. The van der Waals surface area contributed by atoms with Crippen molar-refractivity contribution >= 4 is 5.91 Å². The zero-order valence-electron chi connectivity index (χ0n) is 14.6. The van der Waals surface area contributed by atoms with Gasteiger partial charge >= 0.3 is 0 Å². The first kappa shape index (κ1) is 16.9. The van der Waals surface area contributed by atoms with Crippen molar-refractivity contribution in [3.8, 4) is 11.3 Å². The highest BCUT2D eigenvalue weighted by molar-refractivity contribution is 5.93. The molecule has 0 aliphatic heterocycles. The maximum Gasteiger partial charge on any atom is 0.273 e. The number of hydrogen-bond acceptors (Lipinski definition) is 4. The smallest absolute Gasteiger partial charge is 0.273 e.